The Morgan fingerprint density at radius 2 is 2.00 bits per heavy atom. The van der Waals surface area contributed by atoms with Crippen molar-refractivity contribution in [1.29, 1.82) is 5.26 Å². The fourth-order valence-electron chi connectivity index (χ4n) is 6.33. The molecule has 0 atom stereocenters. The van der Waals surface area contributed by atoms with Crippen molar-refractivity contribution in [2.45, 2.75) is 62.8 Å². The highest BCUT2D eigenvalue weighted by Crippen LogP contribution is 2.45. The number of hydrogen-bond donors (Lipinski definition) is 1. The number of H-pyrrole nitrogens is 1. The van der Waals surface area contributed by atoms with E-state index in [1.54, 1.807) is 12.4 Å². The number of likely N-dealkylation sites (tertiary alicyclic amines) is 1. The van der Waals surface area contributed by atoms with Gasteiger partial charge in [-0.1, -0.05) is 0 Å². The van der Waals surface area contributed by atoms with Crippen molar-refractivity contribution in [2.24, 2.45) is 0 Å². The Labute approximate surface area is 237 Å². The van der Waals surface area contributed by atoms with E-state index in [0.717, 1.165) is 66.6 Å². The highest BCUT2D eigenvalue weighted by Gasteiger charge is 2.49. The molecule has 4 aromatic rings. The summed E-state index contributed by atoms with van der Waals surface area (Å²) in [5, 5.41) is 15.3. The molecule has 1 aliphatic heterocycles. The predicted octanol–water partition coefficient (Wildman–Crippen LogP) is 5.14. The van der Waals surface area contributed by atoms with Crippen LogP contribution in [-0.2, 0) is 12.1 Å². The molecule has 1 saturated carbocycles. The number of aromatic amines is 1. The van der Waals surface area contributed by atoms with Crippen LogP contribution in [0.5, 0.6) is 5.75 Å². The minimum Gasteiger partial charge on any atom is -0.490 e. The molecular formula is C30H34F2N8O. The lowest BCUT2D eigenvalue weighted by Gasteiger charge is -2.52. The SMILES string of the molecule is CN(C)Cc1cc(OC2CCN([C@H]3C[C@](CC#N)(n4cc(-c5ncnc6[nH]ccc56)cn4)C3)CC2)cc(C(F)F)c1. The molecule has 4 heterocycles. The number of alkyl halides is 2. The van der Waals surface area contributed by atoms with E-state index < -0.39 is 6.43 Å². The molecule has 214 valence electrons. The van der Waals surface area contributed by atoms with Crippen LogP contribution < -0.4 is 4.74 Å². The van der Waals surface area contributed by atoms with Gasteiger partial charge in [-0.2, -0.15) is 10.4 Å². The van der Waals surface area contributed by atoms with Gasteiger partial charge in [0.2, 0.25) is 0 Å². The molecule has 0 spiro atoms. The van der Waals surface area contributed by atoms with Crippen LogP contribution in [0.4, 0.5) is 8.78 Å². The van der Waals surface area contributed by atoms with Gasteiger partial charge >= 0.3 is 0 Å². The molecular weight excluding hydrogens is 526 g/mol. The van der Waals surface area contributed by atoms with E-state index in [1.165, 1.54) is 6.07 Å². The number of fused-ring (bicyclic) bond motifs is 1. The average molecular weight is 561 g/mol. The first-order valence-corrected chi connectivity index (χ1v) is 14.0. The van der Waals surface area contributed by atoms with Crippen molar-refractivity contribution >= 4 is 11.0 Å². The summed E-state index contributed by atoms with van der Waals surface area (Å²) in [4.78, 5) is 16.3. The van der Waals surface area contributed by atoms with Crippen LogP contribution in [0.1, 0.15) is 49.7 Å². The predicted molar refractivity (Wildman–Crippen MR) is 150 cm³/mol. The third-order valence-electron chi connectivity index (χ3n) is 8.37. The smallest absolute Gasteiger partial charge is 0.263 e. The van der Waals surface area contributed by atoms with E-state index in [-0.39, 0.29) is 17.2 Å². The minimum absolute atomic E-state index is 0.000838. The third kappa shape index (κ3) is 5.54. The molecule has 11 heteroatoms. The van der Waals surface area contributed by atoms with Crippen molar-refractivity contribution in [2.75, 3.05) is 27.2 Å². The minimum atomic E-state index is -2.53. The van der Waals surface area contributed by atoms with Crippen LogP contribution in [0.3, 0.4) is 0 Å². The quantitative estimate of drug-likeness (QED) is 0.303. The van der Waals surface area contributed by atoms with E-state index in [9.17, 15) is 14.0 Å². The van der Waals surface area contributed by atoms with E-state index in [4.69, 9.17) is 4.74 Å². The number of piperidine rings is 1. The van der Waals surface area contributed by atoms with Gasteiger partial charge in [0.25, 0.3) is 6.43 Å². The third-order valence-corrected chi connectivity index (χ3v) is 8.37. The van der Waals surface area contributed by atoms with E-state index in [1.807, 2.05) is 54.4 Å². The zero-order valence-corrected chi connectivity index (χ0v) is 23.3. The molecule has 3 aromatic heterocycles. The van der Waals surface area contributed by atoms with Crippen molar-refractivity contribution in [1.82, 2.24) is 34.5 Å². The Balaban J connectivity index is 1.09. The number of rotatable bonds is 9. The largest absolute Gasteiger partial charge is 0.490 e. The van der Waals surface area contributed by atoms with E-state index >= 15 is 0 Å². The van der Waals surface area contributed by atoms with Crippen LogP contribution in [0, 0.1) is 11.3 Å². The zero-order valence-electron chi connectivity index (χ0n) is 23.3. The van der Waals surface area contributed by atoms with Crippen LogP contribution in [-0.4, -0.2) is 73.9 Å². The lowest BCUT2D eigenvalue weighted by molar-refractivity contribution is -0.0207. The molecule has 6 rings (SSSR count). The van der Waals surface area contributed by atoms with Crippen molar-refractivity contribution in [3.8, 4) is 23.1 Å². The number of nitriles is 1. The average Bonchev–Trinajstić information content (AvgIpc) is 3.61. The second-order valence-corrected chi connectivity index (χ2v) is 11.6. The molecule has 1 aliphatic carbocycles. The molecule has 1 aromatic carbocycles. The molecule has 41 heavy (non-hydrogen) atoms. The fraction of sp³-hybridized carbons (Fsp3) is 0.467. The summed E-state index contributed by atoms with van der Waals surface area (Å²) in [6.07, 6.45) is 8.41. The van der Waals surface area contributed by atoms with Crippen LogP contribution in [0.2, 0.25) is 0 Å². The second-order valence-electron chi connectivity index (χ2n) is 11.6. The number of nitrogens with one attached hydrogen (secondary N) is 1. The number of halogens is 2. The summed E-state index contributed by atoms with van der Waals surface area (Å²) in [7, 11) is 3.84. The topological polar surface area (TPSA) is 98.9 Å². The molecule has 0 radical (unpaired) electrons. The normalized spacial score (nSPS) is 21.8. The first-order valence-electron chi connectivity index (χ1n) is 14.0. The van der Waals surface area contributed by atoms with Gasteiger partial charge in [-0.15, -0.1) is 0 Å². The van der Waals surface area contributed by atoms with Crippen molar-refractivity contribution in [3.05, 3.63) is 60.3 Å². The van der Waals surface area contributed by atoms with Gasteiger partial charge < -0.3 is 14.6 Å². The highest BCUT2D eigenvalue weighted by molar-refractivity contribution is 5.90. The summed E-state index contributed by atoms with van der Waals surface area (Å²) in [5.74, 6) is 0.518. The second kappa shape index (κ2) is 11.2. The number of benzene rings is 1. The number of ether oxygens (including phenoxy) is 1. The van der Waals surface area contributed by atoms with Gasteiger partial charge in [0.15, 0.2) is 0 Å². The van der Waals surface area contributed by atoms with Gasteiger partial charge in [-0.05, 0) is 69.6 Å². The number of nitrogens with zero attached hydrogens (tertiary/aromatic N) is 7. The van der Waals surface area contributed by atoms with E-state index in [2.05, 4.69) is 31.0 Å². The molecule has 0 unspecified atom stereocenters. The maximum atomic E-state index is 13.5. The van der Waals surface area contributed by atoms with Gasteiger partial charge in [0, 0.05) is 54.6 Å². The Kier molecular flexibility index (Phi) is 7.45. The van der Waals surface area contributed by atoms with Crippen molar-refractivity contribution < 1.29 is 13.5 Å². The van der Waals surface area contributed by atoms with E-state index in [0.29, 0.717) is 24.8 Å². The lowest BCUT2D eigenvalue weighted by Crippen LogP contribution is -2.58. The lowest BCUT2D eigenvalue weighted by atomic mass is 9.69. The fourth-order valence-corrected chi connectivity index (χ4v) is 6.33. The maximum Gasteiger partial charge on any atom is 0.263 e. The van der Waals surface area contributed by atoms with Crippen LogP contribution >= 0.6 is 0 Å². The number of hydrogen-bond acceptors (Lipinski definition) is 7. The molecule has 0 amide bonds. The maximum absolute atomic E-state index is 13.5. The molecule has 9 nitrogen and oxygen atoms in total. The van der Waals surface area contributed by atoms with Gasteiger partial charge in [0.1, 0.15) is 23.8 Å². The summed E-state index contributed by atoms with van der Waals surface area (Å²) < 4.78 is 35.2. The Bertz CT molecular complexity index is 1540. The summed E-state index contributed by atoms with van der Waals surface area (Å²) in [6.45, 7) is 2.32. The molecule has 2 fully saturated rings. The summed E-state index contributed by atoms with van der Waals surface area (Å²) in [5.41, 5.74) is 2.98. The Morgan fingerprint density at radius 3 is 2.73 bits per heavy atom. The van der Waals surface area contributed by atoms with Crippen LogP contribution in [0.25, 0.3) is 22.3 Å². The first kappa shape index (κ1) is 27.3. The summed E-state index contributed by atoms with van der Waals surface area (Å²) >= 11 is 0. The van der Waals surface area contributed by atoms with Gasteiger partial charge in [-0.25, -0.2) is 18.7 Å². The highest BCUT2D eigenvalue weighted by atomic mass is 19.3. The van der Waals surface area contributed by atoms with Crippen molar-refractivity contribution in [3.63, 3.8) is 0 Å². The van der Waals surface area contributed by atoms with Crippen LogP contribution in [0.15, 0.2) is 49.2 Å². The molecule has 0 bridgehead atoms. The molecule has 1 N–H and O–H groups in total. The summed E-state index contributed by atoms with van der Waals surface area (Å²) in [6, 6.07) is 9.61. The Hall–Kier alpha value is -3.88. The zero-order chi connectivity index (χ0) is 28.6. The Morgan fingerprint density at radius 1 is 1.20 bits per heavy atom. The van der Waals surface area contributed by atoms with Gasteiger partial charge in [0.05, 0.1) is 29.9 Å². The molecule has 2 aliphatic rings. The van der Waals surface area contributed by atoms with Gasteiger partial charge in [-0.3, -0.25) is 9.58 Å². The number of aromatic nitrogens is 5. The monoisotopic (exact) mass is 560 g/mol. The standard InChI is InChI=1S/C30H34F2N8O/c1-38(2)17-20-11-21(28(31)32)13-25(12-20)41-24-4-9-39(10-5-24)23-14-30(15-23,6-7-33)40-18-22(16-37-40)27-26-3-8-34-29(26)36-19-35-27/h3,8,11-13,16,18-19,23-24,28H,4-6,9-10,14-15,17H2,1-2H3,(H,34,35,36)/t23-,30-. The first-order chi connectivity index (χ1) is 19.8. The molecule has 1 saturated heterocycles.